The van der Waals surface area contributed by atoms with Crippen molar-refractivity contribution in [1.82, 2.24) is 4.90 Å². The summed E-state index contributed by atoms with van der Waals surface area (Å²) in [6.07, 6.45) is 9.98. The van der Waals surface area contributed by atoms with Gasteiger partial charge in [0.05, 0.1) is 5.56 Å². The highest BCUT2D eigenvalue weighted by atomic mass is 16.4. The van der Waals surface area contributed by atoms with Crippen LogP contribution in [0.5, 0.6) is 0 Å². The molecule has 112 valence electrons. The first-order chi connectivity index (χ1) is 10.2. The van der Waals surface area contributed by atoms with Gasteiger partial charge in [0.15, 0.2) is 0 Å². The minimum atomic E-state index is -0.861. The van der Waals surface area contributed by atoms with Crippen molar-refractivity contribution in [3.05, 3.63) is 41.0 Å². The number of benzene rings is 1. The van der Waals surface area contributed by atoms with E-state index in [1.165, 1.54) is 50.8 Å². The summed E-state index contributed by atoms with van der Waals surface area (Å²) in [5, 5.41) is 8.92. The van der Waals surface area contributed by atoms with E-state index >= 15 is 0 Å². The van der Waals surface area contributed by atoms with Gasteiger partial charge in [-0.15, -0.1) is 0 Å². The average Bonchev–Trinajstić information content (AvgIpc) is 2.64. The molecule has 1 aromatic carbocycles. The molecule has 3 heteroatoms. The largest absolute Gasteiger partial charge is 0.478 e. The monoisotopic (exact) mass is 285 g/mol. The highest BCUT2D eigenvalue weighted by molar-refractivity contribution is 5.87. The molecule has 0 atom stereocenters. The molecule has 21 heavy (non-hydrogen) atoms. The van der Waals surface area contributed by atoms with Gasteiger partial charge in [0.1, 0.15) is 0 Å². The molecular weight excluding hydrogens is 262 g/mol. The zero-order valence-electron chi connectivity index (χ0n) is 12.4. The third kappa shape index (κ3) is 3.53. The lowest BCUT2D eigenvalue weighted by Crippen LogP contribution is -2.40. The van der Waals surface area contributed by atoms with E-state index in [-0.39, 0.29) is 0 Å². The number of hydrogen-bond acceptors (Lipinski definition) is 2. The van der Waals surface area contributed by atoms with Crippen LogP contribution in [0.4, 0.5) is 0 Å². The van der Waals surface area contributed by atoms with Crippen molar-refractivity contribution in [2.45, 2.75) is 44.6 Å². The molecule has 0 radical (unpaired) electrons. The number of hydrogen-bond donors (Lipinski definition) is 1. The number of carboxylic acids is 1. The molecular formula is C18H23NO2. The molecule has 1 N–H and O–H groups in total. The minimum Gasteiger partial charge on any atom is -0.478 e. The maximum Gasteiger partial charge on any atom is 0.335 e. The van der Waals surface area contributed by atoms with Gasteiger partial charge < -0.3 is 10.0 Å². The number of carboxylic acid groups (broad SMARTS) is 1. The van der Waals surface area contributed by atoms with Crippen molar-refractivity contribution < 1.29 is 9.90 Å². The molecule has 0 aromatic heterocycles. The van der Waals surface area contributed by atoms with Gasteiger partial charge in [0.25, 0.3) is 0 Å². The smallest absolute Gasteiger partial charge is 0.335 e. The maximum absolute atomic E-state index is 10.9. The summed E-state index contributed by atoms with van der Waals surface area (Å²) in [7, 11) is 0. The van der Waals surface area contributed by atoms with Crippen molar-refractivity contribution in [3.63, 3.8) is 0 Å². The molecule has 1 heterocycles. The van der Waals surface area contributed by atoms with Crippen LogP contribution in [0.25, 0.3) is 6.08 Å². The Morgan fingerprint density at radius 1 is 1.10 bits per heavy atom. The Bertz CT molecular complexity index is 529. The van der Waals surface area contributed by atoms with E-state index in [0.29, 0.717) is 5.56 Å². The van der Waals surface area contributed by atoms with Crippen molar-refractivity contribution in [2.75, 3.05) is 13.1 Å². The van der Waals surface area contributed by atoms with Gasteiger partial charge in [-0.1, -0.05) is 30.2 Å². The van der Waals surface area contributed by atoms with Gasteiger partial charge in [-0.2, -0.15) is 0 Å². The first kappa shape index (κ1) is 14.3. The van der Waals surface area contributed by atoms with Crippen LogP contribution in [-0.2, 0) is 0 Å². The van der Waals surface area contributed by atoms with Crippen LogP contribution in [0, 0.1) is 0 Å². The molecule has 3 nitrogen and oxygen atoms in total. The first-order valence-electron chi connectivity index (χ1n) is 7.99. The SMILES string of the molecule is O=C(O)c1ccc(C=C2CCCN(C3CCC3)CC2)cc1. The lowest BCUT2D eigenvalue weighted by Gasteiger charge is -2.36. The Morgan fingerprint density at radius 2 is 1.86 bits per heavy atom. The number of carbonyl (C=O) groups is 1. The van der Waals surface area contributed by atoms with Crippen LogP contribution in [0.2, 0.25) is 0 Å². The van der Waals surface area contributed by atoms with Crippen LogP contribution < -0.4 is 0 Å². The van der Waals surface area contributed by atoms with Crippen LogP contribution in [-0.4, -0.2) is 35.1 Å². The second kappa shape index (κ2) is 6.44. The molecule has 1 aromatic rings. The Balaban J connectivity index is 1.64. The van der Waals surface area contributed by atoms with Gasteiger partial charge in [-0.3, -0.25) is 0 Å². The van der Waals surface area contributed by atoms with Crippen molar-refractivity contribution in [2.24, 2.45) is 0 Å². The second-order valence-electron chi connectivity index (χ2n) is 6.20. The minimum absolute atomic E-state index is 0.356. The summed E-state index contributed by atoms with van der Waals surface area (Å²) in [5.74, 6) is -0.861. The Morgan fingerprint density at radius 3 is 2.48 bits per heavy atom. The fraction of sp³-hybridized carbons (Fsp3) is 0.500. The third-order valence-electron chi connectivity index (χ3n) is 4.78. The highest BCUT2D eigenvalue weighted by Crippen LogP contribution is 2.28. The standard InChI is InChI=1S/C18H23NO2/c20-18(21)16-8-6-15(7-9-16)13-14-3-2-11-19(12-10-14)17-4-1-5-17/h6-9,13,17H,1-5,10-12H2,(H,20,21). The second-order valence-corrected chi connectivity index (χ2v) is 6.20. The molecule has 1 aliphatic heterocycles. The van der Waals surface area contributed by atoms with E-state index < -0.39 is 5.97 Å². The van der Waals surface area contributed by atoms with Crippen molar-refractivity contribution >= 4 is 12.0 Å². The molecule has 0 amide bonds. The van der Waals surface area contributed by atoms with E-state index in [4.69, 9.17) is 5.11 Å². The predicted molar refractivity (Wildman–Crippen MR) is 84.4 cm³/mol. The molecule has 0 unspecified atom stereocenters. The van der Waals surface area contributed by atoms with Gasteiger partial charge >= 0.3 is 5.97 Å². The van der Waals surface area contributed by atoms with E-state index in [0.717, 1.165) is 18.0 Å². The number of likely N-dealkylation sites (tertiary alicyclic amines) is 1. The molecule has 1 saturated carbocycles. The zero-order chi connectivity index (χ0) is 14.7. The zero-order valence-corrected chi connectivity index (χ0v) is 12.4. The van der Waals surface area contributed by atoms with Gasteiger partial charge in [0, 0.05) is 12.6 Å². The normalized spacial score (nSPS) is 22.8. The van der Waals surface area contributed by atoms with E-state index in [1.54, 1.807) is 12.1 Å². The molecule has 2 aliphatic rings. The summed E-state index contributed by atoms with van der Waals surface area (Å²) in [6, 6.07) is 8.04. The Labute approximate surface area is 126 Å². The van der Waals surface area contributed by atoms with Crippen LogP contribution in [0.15, 0.2) is 29.8 Å². The van der Waals surface area contributed by atoms with E-state index in [9.17, 15) is 4.79 Å². The fourth-order valence-electron chi connectivity index (χ4n) is 3.25. The molecule has 0 spiro atoms. The fourth-order valence-corrected chi connectivity index (χ4v) is 3.25. The Hall–Kier alpha value is -1.61. The highest BCUT2D eigenvalue weighted by Gasteiger charge is 2.25. The molecule has 2 fully saturated rings. The predicted octanol–water partition coefficient (Wildman–Crippen LogP) is 3.81. The molecule has 1 aliphatic carbocycles. The third-order valence-corrected chi connectivity index (χ3v) is 4.78. The van der Waals surface area contributed by atoms with E-state index in [1.807, 2.05) is 12.1 Å². The quantitative estimate of drug-likeness (QED) is 0.918. The topological polar surface area (TPSA) is 40.5 Å². The molecule has 3 rings (SSSR count). The average molecular weight is 285 g/mol. The lowest BCUT2D eigenvalue weighted by atomic mass is 9.91. The van der Waals surface area contributed by atoms with Gasteiger partial charge in [-0.05, 0) is 56.3 Å². The van der Waals surface area contributed by atoms with Crippen molar-refractivity contribution in [3.8, 4) is 0 Å². The lowest BCUT2D eigenvalue weighted by molar-refractivity contribution is 0.0697. The van der Waals surface area contributed by atoms with Gasteiger partial charge in [0.2, 0.25) is 0 Å². The first-order valence-corrected chi connectivity index (χ1v) is 7.99. The maximum atomic E-state index is 10.9. The summed E-state index contributed by atoms with van der Waals surface area (Å²) >= 11 is 0. The number of nitrogens with zero attached hydrogens (tertiary/aromatic N) is 1. The summed E-state index contributed by atoms with van der Waals surface area (Å²) in [5.41, 5.74) is 2.97. The van der Waals surface area contributed by atoms with Crippen LogP contribution in [0.1, 0.15) is 54.4 Å². The van der Waals surface area contributed by atoms with Crippen LogP contribution >= 0.6 is 0 Å². The van der Waals surface area contributed by atoms with Crippen LogP contribution in [0.3, 0.4) is 0 Å². The summed E-state index contributed by atoms with van der Waals surface area (Å²) in [6.45, 7) is 2.42. The van der Waals surface area contributed by atoms with Gasteiger partial charge in [-0.25, -0.2) is 4.79 Å². The summed E-state index contributed by atoms with van der Waals surface area (Å²) < 4.78 is 0. The molecule has 1 saturated heterocycles. The Kier molecular flexibility index (Phi) is 4.39. The van der Waals surface area contributed by atoms with Crippen molar-refractivity contribution in [1.29, 1.82) is 0 Å². The summed E-state index contributed by atoms with van der Waals surface area (Å²) in [4.78, 5) is 13.5. The van der Waals surface area contributed by atoms with E-state index in [2.05, 4.69) is 11.0 Å². The number of aromatic carboxylic acids is 1. The number of rotatable bonds is 3. The molecule has 0 bridgehead atoms.